The molecule has 26 heavy (non-hydrogen) atoms. The fourth-order valence-electron chi connectivity index (χ4n) is 2.77. The third-order valence-corrected chi connectivity index (χ3v) is 4.48. The molecule has 0 aliphatic rings. The van der Waals surface area contributed by atoms with E-state index in [1.54, 1.807) is 55.5 Å². The van der Waals surface area contributed by atoms with Crippen molar-refractivity contribution in [1.29, 1.82) is 0 Å². The second-order valence-electron chi connectivity index (χ2n) is 6.29. The summed E-state index contributed by atoms with van der Waals surface area (Å²) in [6.45, 7) is 3.26. The van der Waals surface area contributed by atoms with E-state index in [9.17, 15) is 19.5 Å². The molecule has 2 aromatic rings. The highest BCUT2D eigenvalue weighted by atomic mass is 16.4. The molecule has 0 aliphatic heterocycles. The normalized spacial score (nSPS) is 12.7. The molecule has 0 saturated carbocycles. The zero-order valence-corrected chi connectivity index (χ0v) is 15.0. The van der Waals surface area contributed by atoms with Crippen molar-refractivity contribution < 1.29 is 19.5 Å². The Morgan fingerprint density at radius 1 is 1.04 bits per heavy atom. The number of aliphatic carboxylic acids is 1. The van der Waals surface area contributed by atoms with Crippen molar-refractivity contribution in [2.24, 2.45) is 0 Å². The lowest BCUT2D eigenvalue weighted by molar-refractivity contribution is -0.145. The summed E-state index contributed by atoms with van der Waals surface area (Å²) in [5.74, 6) is -1.76. The number of anilines is 1. The average Bonchev–Trinajstić information content (AvgIpc) is 2.63. The van der Waals surface area contributed by atoms with Crippen LogP contribution in [0.15, 0.2) is 48.5 Å². The fourth-order valence-corrected chi connectivity index (χ4v) is 2.77. The monoisotopic (exact) mass is 354 g/mol. The van der Waals surface area contributed by atoms with Gasteiger partial charge in [-0.2, -0.15) is 0 Å². The van der Waals surface area contributed by atoms with Crippen molar-refractivity contribution >= 4 is 23.5 Å². The van der Waals surface area contributed by atoms with Gasteiger partial charge in [-0.3, -0.25) is 14.4 Å². The van der Waals surface area contributed by atoms with E-state index < -0.39 is 17.3 Å². The lowest BCUT2D eigenvalue weighted by Gasteiger charge is -2.25. The van der Waals surface area contributed by atoms with Gasteiger partial charge in [-0.15, -0.1) is 0 Å². The maximum Gasteiger partial charge on any atom is 0.314 e. The standard InChI is InChI=1S/C20H22N2O4/c1-13-15(18(24)21-3)10-7-11-16(13)22-17(23)12-20(2,19(25)26)14-8-5-4-6-9-14/h4-11H,12H2,1-3H3,(H,21,24)(H,22,23)(H,25,26). The minimum absolute atomic E-state index is 0.226. The number of benzene rings is 2. The Morgan fingerprint density at radius 3 is 2.27 bits per heavy atom. The molecule has 2 amide bonds. The van der Waals surface area contributed by atoms with E-state index in [-0.39, 0.29) is 12.3 Å². The average molecular weight is 354 g/mol. The first-order chi connectivity index (χ1) is 12.3. The van der Waals surface area contributed by atoms with Crippen LogP contribution in [0.5, 0.6) is 0 Å². The van der Waals surface area contributed by atoms with E-state index in [1.807, 2.05) is 0 Å². The highest BCUT2D eigenvalue weighted by molar-refractivity contribution is 6.00. The number of nitrogens with one attached hydrogen (secondary N) is 2. The van der Waals surface area contributed by atoms with Gasteiger partial charge in [-0.25, -0.2) is 0 Å². The third kappa shape index (κ3) is 3.91. The summed E-state index contributed by atoms with van der Waals surface area (Å²) < 4.78 is 0. The van der Waals surface area contributed by atoms with Crippen LogP contribution in [-0.2, 0) is 15.0 Å². The number of carbonyl (C=O) groups excluding carboxylic acids is 2. The van der Waals surface area contributed by atoms with Crippen molar-refractivity contribution in [1.82, 2.24) is 5.32 Å². The number of rotatable bonds is 6. The Morgan fingerprint density at radius 2 is 1.69 bits per heavy atom. The Labute approximate surface area is 152 Å². The largest absolute Gasteiger partial charge is 0.481 e. The number of amides is 2. The molecule has 0 heterocycles. The van der Waals surface area contributed by atoms with Crippen molar-refractivity contribution in [2.75, 3.05) is 12.4 Å². The van der Waals surface area contributed by atoms with E-state index in [0.29, 0.717) is 22.4 Å². The maximum absolute atomic E-state index is 12.5. The third-order valence-electron chi connectivity index (χ3n) is 4.48. The number of hydrogen-bond acceptors (Lipinski definition) is 3. The van der Waals surface area contributed by atoms with Crippen LogP contribution in [0, 0.1) is 6.92 Å². The van der Waals surface area contributed by atoms with E-state index in [0.717, 1.165) is 0 Å². The molecule has 6 heteroatoms. The molecule has 0 bridgehead atoms. The highest BCUT2D eigenvalue weighted by Crippen LogP contribution is 2.29. The molecular weight excluding hydrogens is 332 g/mol. The summed E-state index contributed by atoms with van der Waals surface area (Å²) in [4.78, 5) is 36.2. The molecule has 2 aromatic carbocycles. The maximum atomic E-state index is 12.5. The molecule has 0 aromatic heterocycles. The van der Waals surface area contributed by atoms with Gasteiger partial charge in [0.25, 0.3) is 5.91 Å². The predicted molar refractivity (Wildman–Crippen MR) is 99.2 cm³/mol. The molecule has 136 valence electrons. The number of carboxylic acid groups (broad SMARTS) is 1. The molecule has 0 radical (unpaired) electrons. The number of carbonyl (C=O) groups is 3. The fraction of sp³-hybridized carbons (Fsp3) is 0.250. The lowest BCUT2D eigenvalue weighted by atomic mass is 9.79. The summed E-state index contributed by atoms with van der Waals surface area (Å²) >= 11 is 0. The van der Waals surface area contributed by atoms with Gasteiger partial charge in [0, 0.05) is 24.7 Å². The molecule has 6 nitrogen and oxygen atoms in total. The molecule has 1 unspecified atom stereocenters. The van der Waals surface area contributed by atoms with Crippen molar-refractivity contribution in [3.05, 3.63) is 65.2 Å². The summed E-state index contributed by atoms with van der Waals surface area (Å²) in [6.07, 6.45) is -0.226. The molecule has 0 saturated heterocycles. The highest BCUT2D eigenvalue weighted by Gasteiger charge is 2.37. The summed E-state index contributed by atoms with van der Waals surface area (Å²) in [5.41, 5.74) is 0.763. The first-order valence-corrected chi connectivity index (χ1v) is 8.20. The van der Waals surface area contributed by atoms with Crippen LogP contribution in [0.1, 0.15) is 34.8 Å². The van der Waals surface area contributed by atoms with Gasteiger partial charge in [0.1, 0.15) is 0 Å². The van der Waals surface area contributed by atoms with Crippen LogP contribution in [0.25, 0.3) is 0 Å². The van der Waals surface area contributed by atoms with Gasteiger partial charge >= 0.3 is 5.97 Å². The number of hydrogen-bond donors (Lipinski definition) is 3. The minimum atomic E-state index is -1.35. The second-order valence-corrected chi connectivity index (χ2v) is 6.29. The first-order valence-electron chi connectivity index (χ1n) is 8.20. The first kappa shape index (κ1) is 19.2. The zero-order chi connectivity index (χ0) is 19.3. The van der Waals surface area contributed by atoms with Gasteiger partial charge in [-0.05, 0) is 37.1 Å². The summed E-state index contributed by atoms with van der Waals surface area (Å²) in [6, 6.07) is 13.7. The molecule has 0 fully saturated rings. The summed E-state index contributed by atoms with van der Waals surface area (Å²) in [7, 11) is 1.53. The smallest absolute Gasteiger partial charge is 0.314 e. The van der Waals surface area contributed by atoms with Gasteiger partial charge in [0.2, 0.25) is 5.91 Å². The van der Waals surface area contributed by atoms with Crippen LogP contribution in [-0.4, -0.2) is 29.9 Å². The van der Waals surface area contributed by atoms with E-state index in [4.69, 9.17) is 0 Å². The Bertz CT molecular complexity index is 833. The molecule has 0 aliphatic carbocycles. The second kappa shape index (κ2) is 7.82. The molecule has 2 rings (SSSR count). The molecule has 0 spiro atoms. The van der Waals surface area contributed by atoms with E-state index in [2.05, 4.69) is 10.6 Å². The van der Waals surface area contributed by atoms with E-state index >= 15 is 0 Å². The number of carboxylic acids is 1. The van der Waals surface area contributed by atoms with Crippen LogP contribution in [0.2, 0.25) is 0 Å². The van der Waals surface area contributed by atoms with E-state index in [1.165, 1.54) is 14.0 Å². The van der Waals surface area contributed by atoms with Crippen LogP contribution in [0.4, 0.5) is 5.69 Å². The van der Waals surface area contributed by atoms with Crippen molar-refractivity contribution in [3.63, 3.8) is 0 Å². The summed E-state index contributed by atoms with van der Waals surface area (Å²) in [5, 5.41) is 14.9. The molecule has 3 N–H and O–H groups in total. The molecular formula is C20H22N2O4. The van der Waals surface area contributed by atoms with Crippen LogP contribution >= 0.6 is 0 Å². The van der Waals surface area contributed by atoms with Crippen LogP contribution < -0.4 is 10.6 Å². The topological polar surface area (TPSA) is 95.5 Å². The lowest BCUT2D eigenvalue weighted by Crippen LogP contribution is -2.36. The zero-order valence-electron chi connectivity index (χ0n) is 15.0. The van der Waals surface area contributed by atoms with Crippen LogP contribution in [0.3, 0.4) is 0 Å². The van der Waals surface area contributed by atoms with Gasteiger partial charge in [0.05, 0.1) is 5.41 Å². The van der Waals surface area contributed by atoms with Gasteiger partial charge < -0.3 is 15.7 Å². The Kier molecular flexibility index (Phi) is 5.77. The Hall–Kier alpha value is -3.15. The SMILES string of the molecule is CNC(=O)c1cccc(NC(=O)CC(C)(C(=O)O)c2ccccc2)c1C. The predicted octanol–water partition coefficient (Wildman–Crippen LogP) is 2.73. The van der Waals surface area contributed by atoms with Gasteiger partial charge in [-0.1, -0.05) is 36.4 Å². The minimum Gasteiger partial charge on any atom is -0.481 e. The quantitative estimate of drug-likeness (QED) is 0.743. The van der Waals surface area contributed by atoms with Crippen molar-refractivity contribution in [3.8, 4) is 0 Å². The van der Waals surface area contributed by atoms with Crippen molar-refractivity contribution in [2.45, 2.75) is 25.7 Å². The van der Waals surface area contributed by atoms with Gasteiger partial charge in [0.15, 0.2) is 0 Å². The molecule has 1 atom stereocenters. The Balaban J connectivity index is 2.25.